The number of non-ortho nitro benzene ring substituents is 1. The van der Waals surface area contributed by atoms with E-state index in [-0.39, 0.29) is 33.9 Å². The van der Waals surface area contributed by atoms with Gasteiger partial charge >= 0.3 is 5.97 Å². The van der Waals surface area contributed by atoms with Crippen LogP contribution >= 0.6 is 35.0 Å². The van der Waals surface area contributed by atoms with Crippen molar-refractivity contribution in [2.45, 2.75) is 46.2 Å². The number of nitro groups is 1. The van der Waals surface area contributed by atoms with Crippen molar-refractivity contribution in [3.05, 3.63) is 80.0 Å². The van der Waals surface area contributed by atoms with E-state index in [0.29, 0.717) is 28.8 Å². The number of alkyl halides is 1. The zero-order valence-electron chi connectivity index (χ0n) is 21.1. The minimum absolute atomic E-state index is 0.113. The molecule has 0 saturated carbocycles. The molecule has 202 valence electrons. The lowest BCUT2D eigenvalue weighted by molar-refractivity contribution is -0.384. The minimum atomic E-state index is -0.949. The molecule has 2 aromatic rings. The van der Waals surface area contributed by atoms with Crippen molar-refractivity contribution in [3.63, 3.8) is 0 Å². The molecule has 1 saturated heterocycles. The first-order chi connectivity index (χ1) is 17.8. The third-order valence-electron chi connectivity index (χ3n) is 5.54. The lowest BCUT2D eigenvalue weighted by Crippen LogP contribution is -2.58. The summed E-state index contributed by atoms with van der Waals surface area (Å²) in [6, 6.07) is 11.7. The van der Waals surface area contributed by atoms with Crippen molar-refractivity contribution in [3.8, 4) is 5.75 Å². The summed E-state index contributed by atoms with van der Waals surface area (Å²) in [5, 5.41) is 10.9. The van der Waals surface area contributed by atoms with Crippen LogP contribution in [0.1, 0.15) is 39.7 Å². The van der Waals surface area contributed by atoms with Crippen LogP contribution in [0.3, 0.4) is 0 Å². The number of hydrogen-bond acceptors (Lipinski definition) is 8. The Kier molecular flexibility index (Phi) is 9.45. The van der Waals surface area contributed by atoms with Gasteiger partial charge in [-0.15, -0.1) is 0 Å². The molecule has 1 aliphatic rings. The van der Waals surface area contributed by atoms with Gasteiger partial charge in [-0.1, -0.05) is 50.9 Å². The van der Waals surface area contributed by atoms with E-state index in [0.717, 1.165) is 4.90 Å². The number of carbonyl (C=O) groups is 3. The van der Waals surface area contributed by atoms with Crippen LogP contribution in [0.25, 0.3) is 0 Å². The number of amides is 1. The molecule has 3 rings (SSSR count). The van der Waals surface area contributed by atoms with E-state index in [4.69, 9.17) is 32.7 Å². The molecule has 12 heteroatoms. The highest BCUT2D eigenvalue weighted by molar-refractivity contribution is 8.16. The van der Waals surface area contributed by atoms with Gasteiger partial charge < -0.3 is 9.47 Å². The van der Waals surface area contributed by atoms with Crippen LogP contribution < -0.4 is 4.74 Å². The molecule has 2 atom stereocenters. The summed E-state index contributed by atoms with van der Waals surface area (Å²) in [6.45, 7) is 6.68. The van der Waals surface area contributed by atoms with Crippen LogP contribution in [0.2, 0.25) is 5.02 Å². The van der Waals surface area contributed by atoms with Crippen molar-refractivity contribution >= 4 is 57.6 Å². The predicted octanol–water partition coefficient (Wildman–Crippen LogP) is 6.28. The van der Waals surface area contributed by atoms with E-state index in [2.05, 4.69) is 0 Å². The fraction of sp³-hybridized carbons (Fsp3) is 0.346. The Morgan fingerprint density at radius 1 is 1.11 bits per heavy atom. The first kappa shape index (κ1) is 29.5. The van der Waals surface area contributed by atoms with E-state index in [9.17, 15) is 24.5 Å². The van der Waals surface area contributed by atoms with Crippen LogP contribution in [0, 0.1) is 21.4 Å². The van der Waals surface area contributed by atoms with Crippen molar-refractivity contribution in [2.75, 3.05) is 0 Å². The molecule has 0 aliphatic carbocycles. The fourth-order valence-corrected chi connectivity index (χ4v) is 4.79. The summed E-state index contributed by atoms with van der Waals surface area (Å²) in [7, 11) is 0. The number of nitro benzene ring substituents is 1. The van der Waals surface area contributed by atoms with Gasteiger partial charge in [0.25, 0.3) is 5.69 Å². The van der Waals surface area contributed by atoms with Gasteiger partial charge in [-0.3, -0.25) is 24.6 Å². The monoisotopic (exact) mass is 580 g/mol. The average molecular weight is 581 g/mol. The number of nitrogens with zero attached hydrogens (tertiary/aromatic N) is 2. The Bertz CT molecular complexity index is 1260. The number of likely N-dealkylation sites (tertiary alicyclic amines) is 1. The summed E-state index contributed by atoms with van der Waals surface area (Å²) >= 11 is 13.1. The Balaban J connectivity index is 2.02. The molecule has 0 aromatic heterocycles. The van der Waals surface area contributed by atoms with E-state index >= 15 is 0 Å². The maximum atomic E-state index is 13.5. The molecule has 0 bridgehead atoms. The van der Waals surface area contributed by atoms with E-state index in [1.165, 1.54) is 24.3 Å². The second-order valence-corrected chi connectivity index (χ2v) is 11.3. The average Bonchev–Trinajstić information content (AvgIpc) is 2.86. The Labute approximate surface area is 234 Å². The first-order valence-corrected chi connectivity index (χ1v) is 13.2. The second-order valence-electron chi connectivity index (χ2n) is 9.43. The molecule has 0 spiro atoms. The number of halogens is 2. The number of ether oxygens (including phenoxy) is 2. The third kappa shape index (κ3) is 6.86. The van der Waals surface area contributed by atoms with E-state index in [1.54, 1.807) is 52.0 Å². The molecule has 1 aliphatic heterocycles. The second kappa shape index (κ2) is 12.2. The summed E-state index contributed by atoms with van der Waals surface area (Å²) in [5.41, 5.74) is -1.61. The zero-order valence-corrected chi connectivity index (χ0v) is 23.4. The molecular weight excluding hydrogens is 555 g/mol. The van der Waals surface area contributed by atoms with E-state index in [1.807, 2.05) is 0 Å². The van der Waals surface area contributed by atoms with Crippen LogP contribution in [0.5, 0.6) is 5.75 Å². The fourth-order valence-electron chi connectivity index (χ4n) is 3.29. The molecule has 1 fully saturated rings. The Hall–Kier alpha value is -3.08. The molecule has 1 amide bonds. The van der Waals surface area contributed by atoms with E-state index < -0.39 is 33.6 Å². The van der Waals surface area contributed by atoms with Gasteiger partial charge in [0.05, 0.1) is 10.8 Å². The zero-order chi connectivity index (χ0) is 28.2. The summed E-state index contributed by atoms with van der Waals surface area (Å²) in [5.74, 6) is -1.61. The van der Waals surface area contributed by atoms with Crippen LogP contribution in [-0.4, -0.2) is 32.3 Å². The first-order valence-electron chi connectivity index (χ1n) is 11.6. The molecular formula is C26H26Cl2N2O7S. The summed E-state index contributed by atoms with van der Waals surface area (Å²) in [6.07, 6.45) is 0.454. The SMILES string of the molecule is CCC1C(=O)N(C(C(=O)OCc2ccc([N+](=O)[O-])cc2)=C(Oc2ccc(Cl)cc2)SC(=O)C(C)(C)C)C1Cl. The number of hydrogen-bond donors (Lipinski definition) is 0. The highest BCUT2D eigenvalue weighted by atomic mass is 35.5. The summed E-state index contributed by atoms with van der Waals surface area (Å²) < 4.78 is 11.4. The van der Waals surface area contributed by atoms with Crippen LogP contribution in [-0.2, 0) is 25.7 Å². The minimum Gasteiger partial charge on any atom is -0.456 e. The van der Waals surface area contributed by atoms with Gasteiger partial charge in [0.2, 0.25) is 11.0 Å². The Morgan fingerprint density at radius 2 is 1.71 bits per heavy atom. The molecule has 38 heavy (non-hydrogen) atoms. The third-order valence-corrected chi connectivity index (χ3v) is 7.55. The number of esters is 1. The maximum absolute atomic E-state index is 13.5. The van der Waals surface area contributed by atoms with Crippen LogP contribution in [0.15, 0.2) is 59.3 Å². The number of rotatable bonds is 9. The smallest absolute Gasteiger partial charge is 0.359 e. The number of benzene rings is 2. The molecule has 9 nitrogen and oxygen atoms in total. The number of β-lactam (4-membered cyclic amide) rings is 1. The molecule has 0 radical (unpaired) electrons. The van der Waals surface area contributed by atoms with Gasteiger partial charge in [0, 0.05) is 22.6 Å². The highest BCUT2D eigenvalue weighted by Gasteiger charge is 2.50. The van der Waals surface area contributed by atoms with Gasteiger partial charge in [-0.05, 0) is 60.1 Å². The van der Waals surface area contributed by atoms with Crippen molar-refractivity contribution in [2.24, 2.45) is 11.3 Å². The van der Waals surface area contributed by atoms with Gasteiger partial charge in [0.1, 0.15) is 17.9 Å². The van der Waals surface area contributed by atoms with Crippen molar-refractivity contribution < 1.29 is 28.8 Å². The quantitative estimate of drug-likeness (QED) is 0.0497. The molecule has 1 heterocycles. The van der Waals surface area contributed by atoms with Crippen molar-refractivity contribution in [1.82, 2.24) is 4.90 Å². The largest absolute Gasteiger partial charge is 0.456 e. The Morgan fingerprint density at radius 3 is 2.21 bits per heavy atom. The lowest BCUT2D eigenvalue weighted by atomic mass is 9.94. The topological polar surface area (TPSA) is 116 Å². The number of thioether (sulfide) groups is 1. The number of carbonyl (C=O) groups excluding carboxylic acids is 3. The van der Waals surface area contributed by atoms with Crippen LogP contribution in [0.4, 0.5) is 5.69 Å². The molecule has 2 aromatic carbocycles. The molecule has 0 N–H and O–H groups in total. The molecule has 2 unspecified atom stereocenters. The van der Waals surface area contributed by atoms with Gasteiger partial charge in [-0.2, -0.15) is 0 Å². The standard InChI is InChI=1S/C26H26Cl2N2O7S/c1-5-19-21(28)29(22(19)31)20(23(32)36-14-15-6-10-17(11-7-15)30(34)35)24(38-25(33)26(2,3)4)37-18-12-8-16(27)9-13-18/h6-13,19,21H,5,14H2,1-4H3. The van der Waals surface area contributed by atoms with Gasteiger partial charge in [0.15, 0.2) is 10.8 Å². The van der Waals surface area contributed by atoms with Gasteiger partial charge in [-0.25, -0.2) is 4.79 Å². The predicted molar refractivity (Wildman–Crippen MR) is 144 cm³/mol. The maximum Gasteiger partial charge on any atom is 0.359 e. The van der Waals surface area contributed by atoms with Crippen molar-refractivity contribution in [1.29, 1.82) is 0 Å². The highest BCUT2D eigenvalue weighted by Crippen LogP contribution is 2.41. The lowest BCUT2D eigenvalue weighted by Gasteiger charge is -2.43. The summed E-state index contributed by atoms with van der Waals surface area (Å²) in [4.78, 5) is 50.9. The normalized spacial score (nSPS) is 17.8.